The highest BCUT2D eigenvalue weighted by Crippen LogP contribution is 2.20. The van der Waals surface area contributed by atoms with Gasteiger partial charge < -0.3 is 0 Å². The first-order valence-electron chi connectivity index (χ1n) is 6.11. The molecule has 1 atom stereocenters. The van der Waals surface area contributed by atoms with Crippen LogP contribution in [-0.4, -0.2) is 19.5 Å². The molecular formula is C15H12BrFO3S. The molecule has 0 radical (unpaired) electrons. The van der Waals surface area contributed by atoms with Crippen LogP contribution in [0.4, 0.5) is 4.39 Å². The van der Waals surface area contributed by atoms with E-state index in [1.54, 1.807) is 24.3 Å². The van der Waals surface area contributed by atoms with Crippen molar-refractivity contribution in [3.8, 4) is 0 Å². The third-order valence-corrected chi connectivity index (χ3v) is 5.71. The Morgan fingerprint density at radius 3 is 2.10 bits per heavy atom. The molecule has 0 N–H and O–H groups in total. The fraction of sp³-hybridized carbons (Fsp3) is 0.133. The van der Waals surface area contributed by atoms with E-state index in [0.717, 1.165) is 28.7 Å². The number of carbonyl (C=O) groups excluding carboxylic acids is 1. The van der Waals surface area contributed by atoms with Crippen molar-refractivity contribution in [3.63, 3.8) is 0 Å². The summed E-state index contributed by atoms with van der Waals surface area (Å²) in [5.41, 5.74) is 0.316. The molecule has 6 heteroatoms. The highest BCUT2D eigenvalue weighted by molar-refractivity contribution is 9.10. The highest BCUT2D eigenvalue weighted by atomic mass is 79.9. The number of ketones is 1. The number of carbonyl (C=O) groups is 1. The minimum Gasteiger partial charge on any atom is -0.293 e. The zero-order chi connectivity index (χ0) is 15.6. The second kappa shape index (κ2) is 6.07. The van der Waals surface area contributed by atoms with E-state index in [1.807, 2.05) is 0 Å². The van der Waals surface area contributed by atoms with E-state index in [1.165, 1.54) is 6.92 Å². The molecule has 110 valence electrons. The van der Waals surface area contributed by atoms with Crippen LogP contribution in [0, 0.1) is 5.82 Å². The number of sulfone groups is 1. The first-order valence-corrected chi connectivity index (χ1v) is 8.45. The number of halogens is 2. The van der Waals surface area contributed by atoms with Gasteiger partial charge >= 0.3 is 0 Å². The Kier molecular flexibility index (Phi) is 4.58. The molecule has 0 aliphatic carbocycles. The summed E-state index contributed by atoms with van der Waals surface area (Å²) in [5.74, 6) is -1.02. The van der Waals surface area contributed by atoms with Crippen molar-refractivity contribution in [2.75, 3.05) is 0 Å². The summed E-state index contributed by atoms with van der Waals surface area (Å²) in [7, 11) is -3.84. The molecule has 2 aromatic rings. The van der Waals surface area contributed by atoms with Crippen molar-refractivity contribution in [1.29, 1.82) is 0 Å². The molecule has 0 fully saturated rings. The Labute approximate surface area is 130 Å². The fourth-order valence-corrected chi connectivity index (χ4v) is 3.42. The lowest BCUT2D eigenvalue weighted by Gasteiger charge is -2.12. The lowest BCUT2D eigenvalue weighted by Crippen LogP contribution is -2.27. The van der Waals surface area contributed by atoms with Crippen LogP contribution in [0.1, 0.15) is 17.3 Å². The van der Waals surface area contributed by atoms with Crippen LogP contribution in [0.3, 0.4) is 0 Å². The summed E-state index contributed by atoms with van der Waals surface area (Å²) in [6.45, 7) is 1.34. The van der Waals surface area contributed by atoms with Gasteiger partial charge in [0.15, 0.2) is 15.6 Å². The molecule has 0 saturated carbocycles. The summed E-state index contributed by atoms with van der Waals surface area (Å²) in [5, 5.41) is -1.23. The molecule has 0 aliphatic heterocycles. The molecule has 0 aliphatic rings. The number of hydrogen-bond donors (Lipinski definition) is 0. The molecule has 2 rings (SSSR count). The molecule has 0 bridgehead atoms. The largest absolute Gasteiger partial charge is 0.293 e. The Bertz CT molecular complexity index is 753. The summed E-state index contributed by atoms with van der Waals surface area (Å²) >= 11 is 3.25. The van der Waals surface area contributed by atoms with Crippen LogP contribution in [0.2, 0.25) is 0 Å². The van der Waals surface area contributed by atoms with E-state index in [-0.39, 0.29) is 4.90 Å². The molecule has 0 saturated heterocycles. The van der Waals surface area contributed by atoms with Gasteiger partial charge in [-0.2, -0.15) is 0 Å². The minimum atomic E-state index is -3.84. The third-order valence-electron chi connectivity index (χ3n) is 3.11. The second-order valence-electron chi connectivity index (χ2n) is 4.51. The van der Waals surface area contributed by atoms with Crippen molar-refractivity contribution in [3.05, 3.63) is 64.4 Å². The van der Waals surface area contributed by atoms with Crippen LogP contribution in [-0.2, 0) is 9.84 Å². The zero-order valence-electron chi connectivity index (χ0n) is 11.1. The van der Waals surface area contributed by atoms with Gasteiger partial charge in [0.2, 0.25) is 0 Å². The van der Waals surface area contributed by atoms with Crippen molar-refractivity contribution < 1.29 is 17.6 Å². The Morgan fingerprint density at radius 2 is 1.57 bits per heavy atom. The molecule has 0 aromatic heterocycles. The van der Waals surface area contributed by atoms with E-state index in [2.05, 4.69) is 15.9 Å². The predicted molar refractivity (Wildman–Crippen MR) is 81.5 cm³/mol. The zero-order valence-corrected chi connectivity index (χ0v) is 13.5. The van der Waals surface area contributed by atoms with E-state index in [9.17, 15) is 17.6 Å². The molecule has 3 nitrogen and oxygen atoms in total. The lowest BCUT2D eigenvalue weighted by molar-refractivity contribution is 0.0991. The maximum atomic E-state index is 12.9. The first-order chi connectivity index (χ1) is 9.82. The van der Waals surface area contributed by atoms with Crippen LogP contribution >= 0.6 is 15.9 Å². The normalized spacial score (nSPS) is 12.9. The van der Waals surface area contributed by atoms with Crippen molar-refractivity contribution in [1.82, 2.24) is 0 Å². The van der Waals surface area contributed by atoms with Crippen molar-refractivity contribution in [2.45, 2.75) is 17.1 Å². The van der Waals surface area contributed by atoms with Crippen LogP contribution < -0.4 is 0 Å². The smallest absolute Gasteiger partial charge is 0.188 e. The average molecular weight is 371 g/mol. The van der Waals surface area contributed by atoms with E-state index in [4.69, 9.17) is 0 Å². The van der Waals surface area contributed by atoms with Gasteiger partial charge in [-0.3, -0.25) is 4.79 Å². The van der Waals surface area contributed by atoms with Crippen LogP contribution in [0.15, 0.2) is 57.9 Å². The van der Waals surface area contributed by atoms with Crippen molar-refractivity contribution >= 4 is 31.6 Å². The van der Waals surface area contributed by atoms with E-state index >= 15 is 0 Å². The summed E-state index contributed by atoms with van der Waals surface area (Å²) in [6, 6.07) is 10.9. The lowest BCUT2D eigenvalue weighted by atomic mass is 10.1. The third kappa shape index (κ3) is 3.39. The van der Waals surface area contributed by atoms with Gasteiger partial charge in [-0.1, -0.05) is 28.1 Å². The molecule has 21 heavy (non-hydrogen) atoms. The number of hydrogen-bond acceptors (Lipinski definition) is 3. The Morgan fingerprint density at radius 1 is 1.05 bits per heavy atom. The first kappa shape index (κ1) is 15.9. The molecule has 0 amide bonds. The summed E-state index contributed by atoms with van der Waals surface area (Å²) < 4.78 is 38.4. The Balaban J connectivity index is 2.33. The fourth-order valence-electron chi connectivity index (χ4n) is 1.82. The Hall–Kier alpha value is -1.53. The van der Waals surface area contributed by atoms with E-state index in [0.29, 0.717) is 5.56 Å². The molecule has 2 aromatic carbocycles. The molecule has 0 spiro atoms. The minimum absolute atomic E-state index is 0.0677. The van der Waals surface area contributed by atoms with Crippen LogP contribution in [0.25, 0.3) is 0 Å². The SMILES string of the molecule is CC(C(=O)c1ccc(Br)cc1)S(=O)(=O)c1ccc(F)cc1. The topological polar surface area (TPSA) is 51.2 Å². The second-order valence-corrected chi connectivity index (χ2v) is 7.70. The van der Waals surface area contributed by atoms with Gasteiger partial charge in [-0.25, -0.2) is 12.8 Å². The number of benzene rings is 2. The quantitative estimate of drug-likeness (QED) is 0.609. The van der Waals surface area contributed by atoms with Gasteiger partial charge in [0.25, 0.3) is 0 Å². The predicted octanol–water partition coefficient (Wildman–Crippen LogP) is 3.63. The maximum absolute atomic E-state index is 12.9. The summed E-state index contributed by atoms with van der Waals surface area (Å²) in [4.78, 5) is 12.2. The highest BCUT2D eigenvalue weighted by Gasteiger charge is 2.30. The monoisotopic (exact) mass is 370 g/mol. The van der Waals surface area contributed by atoms with Gasteiger partial charge in [0.05, 0.1) is 4.90 Å². The standard InChI is InChI=1S/C15H12BrFO3S/c1-10(15(18)11-2-4-12(16)5-3-11)21(19,20)14-8-6-13(17)7-9-14/h2-10H,1H3. The molecule has 0 heterocycles. The summed E-state index contributed by atoms with van der Waals surface area (Å²) in [6.07, 6.45) is 0. The maximum Gasteiger partial charge on any atom is 0.188 e. The number of Topliss-reactive ketones (excluding diaryl/α,β-unsaturated/α-hetero) is 1. The molecular weight excluding hydrogens is 359 g/mol. The van der Waals surface area contributed by atoms with Gasteiger partial charge in [-0.15, -0.1) is 0 Å². The van der Waals surface area contributed by atoms with Crippen molar-refractivity contribution in [2.24, 2.45) is 0 Å². The molecule has 1 unspecified atom stereocenters. The average Bonchev–Trinajstić information content (AvgIpc) is 2.47. The number of rotatable bonds is 4. The van der Waals surface area contributed by atoms with Crippen LogP contribution in [0.5, 0.6) is 0 Å². The van der Waals surface area contributed by atoms with Gasteiger partial charge in [0.1, 0.15) is 11.1 Å². The van der Waals surface area contributed by atoms with Gasteiger partial charge in [-0.05, 0) is 43.3 Å². The van der Waals surface area contributed by atoms with E-state index < -0.39 is 26.7 Å². The van der Waals surface area contributed by atoms with Gasteiger partial charge in [0, 0.05) is 10.0 Å².